The molecule has 3 aromatic rings. The molecule has 2 aromatic carbocycles. The van der Waals surface area contributed by atoms with Crippen molar-refractivity contribution in [1.82, 2.24) is 15.5 Å². The molecule has 0 aliphatic heterocycles. The van der Waals surface area contributed by atoms with Gasteiger partial charge in [-0.1, -0.05) is 42.5 Å². The predicted octanol–water partition coefficient (Wildman–Crippen LogP) is 3.82. The summed E-state index contributed by atoms with van der Waals surface area (Å²) in [6.07, 6.45) is 2.06. The van der Waals surface area contributed by atoms with Gasteiger partial charge < -0.3 is 10.1 Å². The zero-order chi connectivity index (χ0) is 16.8. The highest BCUT2D eigenvalue weighted by molar-refractivity contribution is 5.81. The third-order valence-corrected chi connectivity index (χ3v) is 4.43. The number of H-pyrrole nitrogens is 1. The van der Waals surface area contributed by atoms with Gasteiger partial charge >= 0.3 is 0 Å². The Morgan fingerprint density at radius 1 is 1.08 bits per heavy atom. The maximum absolute atomic E-state index is 5.27. The van der Waals surface area contributed by atoms with Gasteiger partial charge in [-0.25, -0.2) is 0 Å². The van der Waals surface area contributed by atoms with E-state index >= 15 is 0 Å². The topological polar surface area (TPSA) is 49.9 Å². The minimum absolute atomic E-state index is 0.433. The van der Waals surface area contributed by atoms with Crippen LogP contribution in [0.2, 0.25) is 0 Å². The fourth-order valence-corrected chi connectivity index (χ4v) is 2.98. The minimum Gasteiger partial charge on any atom is -0.380 e. The molecule has 126 valence electrons. The Morgan fingerprint density at radius 3 is 2.67 bits per heavy atom. The lowest BCUT2D eigenvalue weighted by molar-refractivity contribution is 0.184. The van der Waals surface area contributed by atoms with Crippen LogP contribution >= 0.6 is 0 Å². The Kier molecular flexibility index (Phi) is 5.62. The van der Waals surface area contributed by atoms with Crippen LogP contribution in [0.3, 0.4) is 0 Å². The highest BCUT2D eigenvalue weighted by atomic mass is 16.5. The number of aromatic nitrogens is 2. The van der Waals surface area contributed by atoms with Crippen LogP contribution in [0.1, 0.15) is 30.2 Å². The molecule has 2 N–H and O–H groups in total. The van der Waals surface area contributed by atoms with Crippen LogP contribution in [0.25, 0.3) is 10.9 Å². The fraction of sp³-hybridized carbons (Fsp3) is 0.350. The van der Waals surface area contributed by atoms with Crippen molar-refractivity contribution in [2.75, 3.05) is 7.11 Å². The van der Waals surface area contributed by atoms with Crippen molar-refractivity contribution in [3.05, 3.63) is 65.4 Å². The van der Waals surface area contributed by atoms with Gasteiger partial charge in [0, 0.05) is 30.8 Å². The number of rotatable bonds is 8. The first-order valence-electron chi connectivity index (χ1n) is 8.49. The number of benzene rings is 2. The van der Waals surface area contributed by atoms with Crippen molar-refractivity contribution < 1.29 is 4.74 Å². The van der Waals surface area contributed by atoms with Gasteiger partial charge in [0.25, 0.3) is 0 Å². The summed E-state index contributed by atoms with van der Waals surface area (Å²) in [4.78, 5) is 0. The van der Waals surface area contributed by atoms with Gasteiger partial charge in [-0.15, -0.1) is 0 Å². The predicted molar refractivity (Wildman–Crippen MR) is 97.9 cm³/mol. The van der Waals surface area contributed by atoms with Gasteiger partial charge in [0.15, 0.2) is 0 Å². The van der Waals surface area contributed by atoms with Crippen LogP contribution in [0, 0.1) is 0 Å². The Morgan fingerprint density at radius 2 is 1.83 bits per heavy atom. The number of nitrogens with one attached hydrogen (secondary N) is 2. The van der Waals surface area contributed by atoms with E-state index in [1.165, 1.54) is 22.2 Å². The minimum atomic E-state index is 0.433. The number of aryl methyl sites for hydroxylation is 1. The van der Waals surface area contributed by atoms with Crippen molar-refractivity contribution >= 4 is 10.9 Å². The second-order valence-electron chi connectivity index (χ2n) is 6.24. The highest BCUT2D eigenvalue weighted by Crippen LogP contribution is 2.17. The van der Waals surface area contributed by atoms with Gasteiger partial charge in [-0.05, 0) is 37.0 Å². The van der Waals surface area contributed by atoms with E-state index in [0.29, 0.717) is 12.6 Å². The maximum Gasteiger partial charge on any atom is 0.0923 e. The SMILES string of the molecule is COCc1ccccc1CNC(C)CCc1[nH]nc2ccccc12. The van der Waals surface area contributed by atoms with Crippen LogP contribution in [0.5, 0.6) is 0 Å². The second kappa shape index (κ2) is 8.08. The molecule has 1 heterocycles. The standard InChI is InChI=1S/C20H25N3O/c1-15(21-13-16-7-3-4-8-17(16)14-24-2)11-12-20-18-9-5-6-10-19(18)22-23-20/h3-10,15,21H,11-14H2,1-2H3,(H,22,23). The molecule has 0 saturated carbocycles. The molecule has 0 saturated heterocycles. The number of hydrogen-bond donors (Lipinski definition) is 2. The summed E-state index contributed by atoms with van der Waals surface area (Å²) in [6, 6.07) is 17.1. The molecule has 24 heavy (non-hydrogen) atoms. The van der Waals surface area contributed by atoms with Crippen LogP contribution < -0.4 is 5.32 Å². The van der Waals surface area contributed by atoms with Gasteiger partial charge in [0.05, 0.1) is 12.1 Å². The average molecular weight is 323 g/mol. The molecule has 4 heteroatoms. The van der Waals surface area contributed by atoms with E-state index in [4.69, 9.17) is 4.74 Å². The van der Waals surface area contributed by atoms with E-state index < -0.39 is 0 Å². The Labute approximate surface area is 143 Å². The van der Waals surface area contributed by atoms with Crippen molar-refractivity contribution in [3.63, 3.8) is 0 Å². The van der Waals surface area contributed by atoms with Crippen LogP contribution in [-0.2, 0) is 24.3 Å². The Balaban J connectivity index is 1.54. The first kappa shape index (κ1) is 16.7. The summed E-state index contributed by atoms with van der Waals surface area (Å²) < 4.78 is 5.27. The number of aromatic amines is 1. The van der Waals surface area contributed by atoms with E-state index in [9.17, 15) is 0 Å². The van der Waals surface area contributed by atoms with Crippen molar-refractivity contribution in [2.24, 2.45) is 0 Å². The number of para-hydroxylation sites is 1. The van der Waals surface area contributed by atoms with E-state index in [1.54, 1.807) is 7.11 Å². The molecule has 0 radical (unpaired) electrons. The first-order chi connectivity index (χ1) is 11.8. The summed E-state index contributed by atoms with van der Waals surface area (Å²) in [5.74, 6) is 0. The number of fused-ring (bicyclic) bond motifs is 1. The van der Waals surface area contributed by atoms with Crippen LogP contribution in [-0.4, -0.2) is 23.3 Å². The molecule has 4 nitrogen and oxygen atoms in total. The second-order valence-corrected chi connectivity index (χ2v) is 6.24. The normalized spacial score (nSPS) is 12.6. The van der Waals surface area contributed by atoms with Crippen LogP contribution in [0.15, 0.2) is 48.5 Å². The number of ether oxygens (including phenoxy) is 1. The number of methoxy groups -OCH3 is 1. The lowest BCUT2D eigenvalue weighted by Crippen LogP contribution is -2.26. The maximum atomic E-state index is 5.27. The largest absolute Gasteiger partial charge is 0.380 e. The van der Waals surface area contributed by atoms with Gasteiger partial charge in [0.2, 0.25) is 0 Å². The molecule has 0 spiro atoms. The smallest absolute Gasteiger partial charge is 0.0923 e. The van der Waals surface area contributed by atoms with Crippen molar-refractivity contribution in [2.45, 2.75) is 39.0 Å². The van der Waals surface area contributed by atoms with E-state index in [0.717, 1.165) is 24.9 Å². The molecule has 0 amide bonds. The first-order valence-corrected chi connectivity index (χ1v) is 8.49. The monoisotopic (exact) mass is 323 g/mol. The molecule has 0 aliphatic carbocycles. The van der Waals surface area contributed by atoms with Crippen molar-refractivity contribution in [1.29, 1.82) is 0 Å². The molecular formula is C20H25N3O. The summed E-state index contributed by atoms with van der Waals surface area (Å²) >= 11 is 0. The van der Waals surface area contributed by atoms with E-state index in [-0.39, 0.29) is 0 Å². The van der Waals surface area contributed by atoms with Gasteiger partial charge in [-0.3, -0.25) is 5.10 Å². The molecule has 0 bridgehead atoms. The van der Waals surface area contributed by atoms with Crippen LogP contribution in [0.4, 0.5) is 0 Å². The Hall–Kier alpha value is -2.17. The lowest BCUT2D eigenvalue weighted by Gasteiger charge is -2.15. The quantitative estimate of drug-likeness (QED) is 0.662. The average Bonchev–Trinajstić information content (AvgIpc) is 3.03. The van der Waals surface area contributed by atoms with Crippen molar-refractivity contribution in [3.8, 4) is 0 Å². The number of nitrogens with zero attached hydrogens (tertiary/aromatic N) is 1. The van der Waals surface area contributed by atoms with Gasteiger partial charge in [-0.2, -0.15) is 5.10 Å². The molecule has 0 aliphatic rings. The molecule has 0 fully saturated rings. The molecule has 1 aromatic heterocycles. The molecule has 1 unspecified atom stereocenters. The number of hydrogen-bond acceptors (Lipinski definition) is 3. The van der Waals surface area contributed by atoms with Gasteiger partial charge in [0.1, 0.15) is 0 Å². The summed E-state index contributed by atoms with van der Waals surface area (Å²) in [7, 11) is 1.74. The van der Waals surface area contributed by atoms with E-state index in [2.05, 4.69) is 58.8 Å². The summed E-state index contributed by atoms with van der Waals surface area (Å²) in [5.41, 5.74) is 4.82. The lowest BCUT2D eigenvalue weighted by atomic mass is 10.1. The summed E-state index contributed by atoms with van der Waals surface area (Å²) in [6.45, 7) is 3.76. The Bertz CT molecular complexity index is 781. The third-order valence-electron chi connectivity index (χ3n) is 4.43. The fourth-order valence-electron chi connectivity index (χ4n) is 2.98. The van der Waals surface area contributed by atoms with E-state index in [1.807, 2.05) is 12.1 Å². The molecule has 1 atom stereocenters. The zero-order valence-corrected chi connectivity index (χ0v) is 14.4. The zero-order valence-electron chi connectivity index (χ0n) is 14.4. The summed E-state index contributed by atoms with van der Waals surface area (Å²) in [5, 5.41) is 12.4. The molecule has 3 rings (SSSR count). The third kappa shape index (κ3) is 4.02. The highest BCUT2D eigenvalue weighted by Gasteiger charge is 2.08. The molecular weight excluding hydrogens is 298 g/mol.